The quantitative estimate of drug-likeness (QED) is 0.530. The van der Waals surface area contributed by atoms with Gasteiger partial charge in [0.1, 0.15) is 11.3 Å². The molecular formula is C20H17FN4O2. The van der Waals surface area contributed by atoms with Crippen molar-refractivity contribution >= 4 is 17.0 Å². The lowest BCUT2D eigenvalue weighted by molar-refractivity contribution is 0.0952. The molecule has 0 aliphatic heterocycles. The lowest BCUT2D eigenvalue weighted by Gasteiger charge is -2.05. The summed E-state index contributed by atoms with van der Waals surface area (Å²) in [5.74, 6) is -0.209. The average Bonchev–Trinajstić information content (AvgIpc) is 3.34. The first-order chi connectivity index (χ1) is 13.2. The molecule has 0 atom stereocenters. The Morgan fingerprint density at radius 3 is 2.93 bits per heavy atom. The van der Waals surface area contributed by atoms with E-state index in [0.29, 0.717) is 34.7 Å². The molecule has 4 aromatic rings. The number of aryl methyl sites for hydroxylation is 1. The van der Waals surface area contributed by atoms with Crippen LogP contribution >= 0.6 is 0 Å². The van der Waals surface area contributed by atoms with Crippen molar-refractivity contribution in [3.63, 3.8) is 0 Å². The second-order valence-corrected chi connectivity index (χ2v) is 6.09. The number of hydrogen-bond donors (Lipinski definition) is 1. The molecule has 2 aromatic heterocycles. The molecule has 2 heterocycles. The summed E-state index contributed by atoms with van der Waals surface area (Å²) in [6.45, 7) is 1.29. The molecule has 7 heteroatoms. The van der Waals surface area contributed by atoms with Crippen molar-refractivity contribution in [1.29, 1.82) is 0 Å². The Morgan fingerprint density at radius 2 is 2.11 bits per heavy atom. The molecule has 2 aromatic carbocycles. The Labute approximate surface area is 154 Å². The molecule has 0 fully saturated rings. The number of hydrogen-bond acceptors (Lipinski definition) is 4. The topological polar surface area (TPSA) is 73.0 Å². The number of oxazole rings is 1. The highest BCUT2D eigenvalue weighted by molar-refractivity contribution is 5.97. The van der Waals surface area contributed by atoms with Crippen molar-refractivity contribution in [2.75, 3.05) is 6.54 Å². The second-order valence-electron chi connectivity index (χ2n) is 6.09. The van der Waals surface area contributed by atoms with Gasteiger partial charge in [-0.1, -0.05) is 6.07 Å². The van der Waals surface area contributed by atoms with Crippen LogP contribution < -0.4 is 5.32 Å². The van der Waals surface area contributed by atoms with E-state index in [9.17, 15) is 9.18 Å². The Morgan fingerprint density at radius 1 is 1.19 bits per heavy atom. The number of nitrogens with zero attached hydrogens (tertiary/aromatic N) is 3. The fourth-order valence-electron chi connectivity index (χ4n) is 2.79. The minimum Gasteiger partial charge on any atom is -0.436 e. The van der Waals surface area contributed by atoms with Gasteiger partial charge in [0, 0.05) is 36.6 Å². The Balaban J connectivity index is 1.43. The first-order valence-electron chi connectivity index (χ1n) is 8.61. The molecule has 0 unspecified atom stereocenters. The highest BCUT2D eigenvalue weighted by Gasteiger charge is 2.12. The largest absolute Gasteiger partial charge is 0.436 e. The monoisotopic (exact) mass is 364 g/mol. The summed E-state index contributed by atoms with van der Waals surface area (Å²) < 4.78 is 20.9. The van der Waals surface area contributed by atoms with Crippen LogP contribution in [-0.4, -0.2) is 27.2 Å². The molecule has 0 saturated heterocycles. The molecule has 4 rings (SSSR count). The SMILES string of the molecule is O=C(NCCCn1cccn1)c1ccc2oc(-c3cccc(F)c3)nc2c1. The number of rotatable bonds is 6. The van der Waals surface area contributed by atoms with Crippen LogP contribution in [0.5, 0.6) is 0 Å². The molecule has 1 N–H and O–H groups in total. The first kappa shape index (κ1) is 17.0. The molecule has 136 valence electrons. The summed E-state index contributed by atoms with van der Waals surface area (Å²) in [6, 6.07) is 13.0. The number of nitrogens with one attached hydrogen (secondary N) is 1. The lowest BCUT2D eigenvalue weighted by Crippen LogP contribution is -2.25. The highest BCUT2D eigenvalue weighted by atomic mass is 19.1. The van der Waals surface area contributed by atoms with Gasteiger partial charge in [0.15, 0.2) is 5.58 Å². The third kappa shape index (κ3) is 3.87. The third-order valence-corrected chi connectivity index (χ3v) is 4.13. The van der Waals surface area contributed by atoms with E-state index in [1.165, 1.54) is 12.1 Å². The second kappa shape index (κ2) is 7.41. The van der Waals surface area contributed by atoms with E-state index in [1.54, 1.807) is 36.5 Å². The summed E-state index contributed by atoms with van der Waals surface area (Å²) in [5, 5.41) is 7.00. The zero-order valence-corrected chi connectivity index (χ0v) is 14.4. The summed E-state index contributed by atoms with van der Waals surface area (Å²) >= 11 is 0. The highest BCUT2D eigenvalue weighted by Crippen LogP contribution is 2.25. The van der Waals surface area contributed by atoms with Gasteiger partial charge >= 0.3 is 0 Å². The van der Waals surface area contributed by atoms with E-state index < -0.39 is 0 Å². The van der Waals surface area contributed by atoms with E-state index in [1.807, 2.05) is 16.9 Å². The van der Waals surface area contributed by atoms with Gasteiger partial charge in [0.2, 0.25) is 5.89 Å². The van der Waals surface area contributed by atoms with Gasteiger partial charge in [-0.05, 0) is 48.9 Å². The van der Waals surface area contributed by atoms with Gasteiger partial charge in [0.25, 0.3) is 5.91 Å². The molecule has 0 spiro atoms. The van der Waals surface area contributed by atoms with Gasteiger partial charge in [-0.25, -0.2) is 9.37 Å². The fourth-order valence-corrected chi connectivity index (χ4v) is 2.79. The molecule has 0 bridgehead atoms. The van der Waals surface area contributed by atoms with Crippen LogP contribution in [0.15, 0.2) is 65.3 Å². The predicted octanol–water partition coefficient (Wildman–Crippen LogP) is 3.65. The van der Waals surface area contributed by atoms with Crippen LogP contribution in [0.2, 0.25) is 0 Å². The maximum Gasteiger partial charge on any atom is 0.251 e. The van der Waals surface area contributed by atoms with Gasteiger partial charge in [-0.3, -0.25) is 9.48 Å². The van der Waals surface area contributed by atoms with E-state index in [-0.39, 0.29) is 11.7 Å². The maximum absolute atomic E-state index is 13.4. The van der Waals surface area contributed by atoms with Crippen LogP contribution in [-0.2, 0) is 6.54 Å². The van der Waals surface area contributed by atoms with Crippen molar-refractivity contribution in [2.45, 2.75) is 13.0 Å². The standard InChI is InChI=1S/C20H17FN4O2/c21-16-5-1-4-15(12-16)20-24-17-13-14(6-7-18(17)27-20)19(26)22-8-2-10-25-11-3-9-23-25/h1,3-7,9,11-13H,2,8,10H2,(H,22,26). The Bertz CT molecular complexity index is 1070. The molecule has 27 heavy (non-hydrogen) atoms. The Hall–Kier alpha value is -3.48. The van der Waals surface area contributed by atoms with Gasteiger partial charge in [-0.2, -0.15) is 5.10 Å². The number of halogens is 1. The maximum atomic E-state index is 13.4. The van der Waals surface area contributed by atoms with Crippen LogP contribution in [0, 0.1) is 5.82 Å². The van der Waals surface area contributed by atoms with Crippen LogP contribution in [0.3, 0.4) is 0 Å². The van der Waals surface area contributed by atoms with Crippen molar-refractivity contribution in [1.82, 2.24) is 20.1 Å². The summed E-state index contributed by atoms with van der Waals surface area (Å²) in [5.41, 5.74) is 2.15. The number of fused-ring (bicyclic) bond motifs is 1. The molecule has 0 radical (unpaired) electrons. The van der Waals surface area contributed by atoms with E-state index in [0.717, 1.165) is 13.0 Å². The number of benzene rings is 2. The van der Waals surface area contributed by atoms with Crippen LogP contribution in [0.1, 0.15) is 16.8 Å². The van der Waals surface area contributed by atoms with Gasteiger partial charge in [-0.15, -0.1) is 0 Å². The molecule has 0 aliphatic carbocycles. The van der Waals surface area contributed by atoms with Crippen LogP contribution in [0.25, 0.3) is 22.6 Å². The number of aromatic nitrogens is 3. The smallest absolute Gasteiger partial charge is 0.251 e. The fraction of sp³-hybridized carbons (Fsp3) is 0.150. The summed E-state index contributed by atoms with van der Waals surface area (Å²) in [4.78, 5) is 16.7. The van der Waals surface area contributed by atoms with E-state index >= 15 is 0 Å². The summed E-state index contributed by atoms with van der Waals surface area (Å²) in [6.07, 6.45) is 4.39. The summed E-state index contributed by atoms with van der Waals surface area (Å²) in [7, 11) is 0. The van der Waals surface area contributed by atoms with Crippen molar-refractivity contribution in [3.05, 3.63) is 72.3 Å². The van der Waals surface area contributed by atoms with Gasteiger partial charge in [0.05, 0.1) is 0 Å². The zero-order chi connectivity index (χ0) is 18.6. The number of carbonyl (C=O) groups excluding carboxylic acids is 1. The zero-order valence-electron chi connectivity index (χ0n) is 14.4. The van der Waals surface area contributed by atoms with E-state index in [4.69, 9.17) is 4.42 Å². The third-order valence-electron chi connectivity index (χ3n) is 4.13. The number of amides is 1. The number of carbonyl (C=O) groups is 1. The van der Waals surface area contributed by atoms with Gasteiger partial charge < -0.3 is 9.73 Å². The molecule has 6 nitrogen and oxygen atoms in total. The lowest BCUT2D eigenvalue weighted by atomic mass is 10.2. The Kier molecular flexibility index (Phi) is 4.65. The van der Waals surface area contributed by atoms with Crippen molar-refractivity contribution in [2.24, 2.45) is 0 Å². The van der Waals surface area contributed by atoms with E-state index in [2.05, 4.69) is 15.4 Å². The molecule has 1 amide bonds. The first-order valence-corrected chi connectivity index (χ1v) is 8.61. The van der Waals surface area contributed by atoms with Crippen molar-refractivity contribution in [3.8, 4) is 11.5 Å². The van der Waals surface area contributed by atoms with Crippen molar-refractivity contribution < 1.29 is 13.6 Å². The minimum atomic E-state index is -0.357. The predicted molar refractivity (Wildman–Crippen MR) is 98.6 cm³/mol. The molecular weight excluding hydrogens is 347 g/mol. The minimum absolute atomic E-state index is 0.173. The average molecular weight is 364 g/mol. The normalized spacial score (nSPS) is 11.0. The molecule has 0 aliphatic rings. The molecule has 0 saturated carbocycles. The van der Waals surface area contributed by atoms with Crippen LogP contribution in [0.4, 0.5) is 4.39 Å².